The normalized spacial score (nSPS) is 18.7. The number of rotatable bonds is 11. The zero-order valence-electron chi connectivity index (χ0n) is 17.5. The van der Waals surface area contributed by atoms with Gasteiger partial charge in [0.1, 0.15) is 12.4 Å². The molecule has 30 heavy (non-hydrogen) atoms. The first-order valence-electron chi connectivity index (χ1n) is 10.00. The highest BCUT2D eigenvalue weighted by Gasteiger charge is 2.30. The van der Waals surface area contributed by atoms with Crippen LogP contribution < -0.4 is 19.7 Å². The highest BCUT2D eigenvalue weighted by molar-refractivity contribution is 14.1. The van der Waals surface area contributed by atoms with Crippen molar-refractivity contribution in [2.75, 3.05) is 11.9 Å². The summed E-state index contributed by atoms with van der Waals surface area (Å²) >= 11 is 2.17. The molecule has 2 amide bonds. The van der Waals surface area contributed by atoms with E-state index in [1.807, 2.05) is 16.8 Å². The summed E-state index contributed by atoms with van der Waals surface area (Å²) in [5.41, 5.74) is 6.44. The number of carbonyl (C=O) groups is 2. The third-order valence-corrected chi connectivity index (χ3v) is 7.73. The number of ether oxygens (including phenoxy) is 1. The average Bonchev–Trinajstić information content (AvgIpc) is 3.08. The van der Waals surface area contributed by atoms with Gasteiger partial charge in [-0.25, -0.2) is 4.98 Å². The number of amides is 2. The number of halogens is 1. The SMILES string of the molecule is C[Si](C)(C)CCOCn1ccc2c(N[C@H]3C[C@@H](NI)C3)c(C(=O)NNC=O)cnc21. The van der Waals surface area contributed by atoms with Crippen molar-refractivity contribution in [3.63, 3.8) is 0 Å². The standard InChI is InChI=1S/C19H29IN6O3Si/c1-30(2,3)7-6-29-12-26-5-4-15-17(23-13-8-14(9-13)24-20)16(10-21-18(15)26)19(28)25-22-11-27/h4-5,10-11,13-14,24H,6-9,12H2,1-3H3,(H,21,23)(H,22,27)(H,25,28)/t13-,14+. The lowest BCUT2D eigenvalue weighted by molar-refractivity contribution is -0.110. The molecule has 0 unspecified atom stereocenters. The second-order valence-electron chi connectivity index (χ2n) is 8.75. The second kappa shape index (κ2) is 10.1. The van der Waals surface area contributed by atoms with E-state index in [0.29, 0.717) is 24.7 Å². The van der Waals surface area contributed by atoms with E-state index >= 15 is 0 Å². The molecular weight excluding hydrogens is 515 g/mol. The first-order chi connectivity index (χ1) is 14.3. The van der Waals surface area contributed by atoms with E-state index in [9.17, 15) is 9.59 Å². The van der Waals surface area contributed by atoms with E-state index in [1.165, 1.54) is 6.20 Å². The van der Waals surface area contributed by atoms with Gasteiger partial charge in [0.15, 0.2) is 0 Å². The largest absolute Gasteiger partial charge is 0.381 e. The Morgan fingerprint density at radius 1 is 1.37 bits per heavy atom. The summed E-state index contributed by atoms with van der Waals surface area (Å²) in [6, 6.07) is 3.79. The zero-order valence-corrected chi connectivity index (χ0v) is 20.7. The molecule has 3 rings (SSSR count). The third-order valence-electron chi connectivity index (χ3n) is 5.15. The van der Waals surface area contributed by atoms with Crippen LogP contribution in [-0.4, -0.2) is 48.6 Å². The molecule has 2 aromatic heterocycles. The Morgan fingerprint density at radius 3 is 2.80 bits per heavy atom. The number of carbonyl (C=O) groups excluding carboxylic acids is 2. The molecule has 0 bridgehead atoms. The quantitative estimate of drug-likeness (QED) is 0.0865. The van der Waals surface area contributed by atoms with Crippen molar-refractivity contribution >= 4 is 60.0 Å². The summed E-state index contributed by atoms with van der Waals surface area (Å²) in [5, 5.41) is 4.36. The molecule has 1 aliphatic carbocycles. The van der Waals surface area contributed by atoms with Crippen LogP contribution in [0.3, 0.4) is 0 Å². The van der Waals surface area contributed by atoms with Gasteiger partial charge in [0.2, 0.25) is 6.41 Å². The fraction of sp³-hybridized carbons (Fsp3) is 0.526. The third kappa shape index (κ3) is 5.71. The van der Waals surface area contributed by atoms with Gasteiger partial charge in [-0.3, -0.25) is 24.0 Å². The molecule has 1 fully saturated rings. The van der Waals surface area contributed by atoms with Crippen LogP contribution in [0.5, 0.6) is 0 Å². The van der Waals surface area contributed by atoms with E-state index in [4.69, 9.17) is 4.74 Å². The van der Waals surface area contributed by atoms with Crippen molar-refractivity contribution in [2.45, 2.75) is 57.3 Å². The van der Waals surface area contributed by atoms with Gasteiger partial charge in [0.25, 0.3) is 5.91 Å². The number of hydrogen-bond donors (Lipinski definition) is 4. The minimum absolute atomic E-state index is 0.268. The van der Waals surface area contributed by atoms with Gasteiger partial charge in [0.05, 0.1) is 11.3 Å². The van der Waals surface area contributed by atoms with Gasteiger partial charge < -0.3 is 14.6 Å². The highest BCUT2D eigenvalue weighted by atomic mass is 127. The Morgan fingerprint density at radius 2 is 2.13 bits per heavy atom. The summed E-state index contributed by atoms with van der Waals surface area (Å²) in [6.07, 6.45) is 5.84. The van der Waals surface area contributed by atoms with Crippen molar-refractivity contribution in [1.29, 1.82) is 0 Å². The summed E-state index contributed by atoms with van der Waals surface area (Å²) < 4.78 is 11.1. The van der Waals surface area contributed by atoms with E-state index in [0.717, 1.165) is 42.2 Å². The highest BCUT2D eigenvalue weighted by Crippen LogP contribution is 2.32. The summed E-state index contributed by atoms with van der Waals surface area (Å²) in [5.74, 6) is -0.416. The van der Waals surface area contributed by atoms with Crippen LogP contribution >= 0.6 is 22.9 Å². The predicted octanol–water partition coefficient (Wildman–Crippen LogP) is 2.62. The van der Waals surface area contributed by atoms with Crippen molar-refractivity contribution in [3.8, 4) is 0 Å². The van der Waals surface area contributed by atoms with Crippen LogP contribution in [0, 0.1) is 0 Å². The van der Waals surface area contributed by atoms with Crippen LogP contribution in [-0.2, 0) is 16.3 Å². The van der Waals surface area contributed by atoms with Crippen LogP contribution in [0.1, 0.15) is 23.2 Å². The first kappa shape index (κ1) is 23.0. The Bertz CT molecular complexity index is 894. The molecule has 164 valence electrons. The van der Waals surface area contributed by atoms with Crippen LogP contribution in [0.2, 0.25) is 25.7 Å². The maximum atomic E-state index is 12.5. The molecule has 0 aliphatic heterocycles. The van der Waals surface area contributed by atoms with Gasteiger partial charge in [-0.05, 0) is 25.0 Å². The number of fused-ring (bicyclic) bond motifs is 1. The molecule has 0 saturated heterocycles. The van der Waals surface area contributed by atoms with Crippen molar-refractivity contribution in [1.82, 2.24) is 23.9 Å². The van der Waals surface area contributed by atoms with E-state index in [-0.39, 0.29) is 6.04 Å². The number of nitrogens with one attached hydrogen (secondary N) is 4. The van der Waals surface area contributed by atoms with E-state index in [1.54, 1.807) is 0 Å². The number of hydrogen-bond acceptors (Lipinski definition) is 6. The topological polar surface area (TPSA) is 109 Å². The fourth-order valence-corrected chi connectivity index (χ4v) is 4.57. The Labute approximate surface area is 191 Å². The van der Waals surface area contributed by atoms with E-state index in [2.05, 4.69) is 67.2 Å². The molecule has 4 N–H and O–H groups in total. The minimum atomic E-state index is -1.14. The van der Waals surface area contributed by atoms with Crippen molar-refractivity contribution in [3.05, 3.63) is 24.0 Å². The molecule has 0 spiro atoms. The summed E-state index contributed by atoms with van der Waals surface area (Å²) in [4.78, 5) is 27.6. The predicted molar refractivity (Wildman–Crippen MR) is 128 cm³/mol. The Kier molecular flexibility index (Phi) is 7.71. The van der Waals surface area contributed by atoms with Crippen LogP contribution in [0.15, 0.2) is 18.5 Å². The number of nitrogens with zero attached hydrogens (tertiary/aromatic N) is 2. The first-order valence-corrected chi connectivity index (χ1v) is 14.8. The van der Waals surface area contributed by atoms with Gasteiger partial charge in [-0.15, -0.1) is 0 Å². The van der Waals surface area contributed by atoms with Crippen LogP contribution in [0.4, 0.5) is 5.69 Å². The lowest BCUT2D eigenvalue weighted by Gasteiger charge is -2.36. The Hall–Kier alpha value is -1.70. The molecule has 2 aromatic rings. The molecule has 11 heteroatoms. The molecule has 2 heterocycles. The molecular formula is C19H29IN6O3Si. The van der Waals surface area contributed by atoms with Gasteiger partial charge >= 0.3 is 0 Å². The van der Waals surface area contributed by atoms with Crippen molar-refractivity contribution in [2.24, 2.45) is 0 Å². The number of pyridine rings is 1. The number of anilines is 1. The second-order valence-corrected chi connectivity index (χ2v) is 15.0. The lowest BCUT2D eigenvalue weighted by Crippen LogP contribution is -2.45. The molecule has 1 aliphatic rings. The van der Waals surface area contributed by atoms with Gasteiger partial charge in [0, 0.05) is 67.4 Å². The lowest BCUT2D eigenvalue weighted by atomic mass is 9.87. The maximum Gasteiger partial charge on any atom is 0.273 e. The maximum absolute atomic E-state index is 12.5. The van der Waals surface area contributed by atoms with Crippen molar-refractivity contribution < 1.29 is 14.3 Å². The summed E-state index contributed by atoms with van der Waals surface area (Å²) in [7, 11) is -1.14. The minimum Gasteiger partial charge on any atom is -0.381 e. The monoisotopic (exact) mass is 544 g/mol. The molecule has 0 atom stereocenters. The number of hydrazine groups is 1. The Balaban J connectivity index is 1.81. The summed E-state index contributed by atoms with van der Waals surface area (Å²) in [6.45, 7) is 8.12. The average molecular weight is 544 g/mol. The smallest absolute Gasteiger partial charge is 0.273 e. The van der Waals surface area contributed by atoms with Crippen LogP contribution in [0.25, 0.3) is 11.0 Å². The molecule has 9 nitrogen and oxygen atoms in total. The van der Waals surface area contributed by atoms with Gasteiger partial charge in [-0.1, -0.05) is 19.6 Å². The number of aromatic nitrogens is 2. The molecule has 0 aromatic carbocycles. The zero-order chi connectivity index (χ0) is 21.7. The molecule has 0 radical (unpaired) electrons. The van der Waals surface area contributed by atoms with Gasteiger partial charge in [-0.2, -0.15) is 0 Å². The molecule has 1 saturated carbocycles. The van der Waals surface area contributed by atoms with E-state index < -0.39 is 14.0 Å². The fourth-order valence-electron chi connectivity index (χ4n) is 3.30.